The third kappa shape index (κ3) is 3.66. The number of alkyl halides is 3. The van der Waals surface area contributed by atoms with E-state index in [-0.39, 0.29) is 12.4 Å². The molecule has 5 heteroatoms. The van der Waals surface area contributed by atoms with Gasteiger partial charge >= 0.3 is 6.36 Å². The normalized spacial score (nSPS) is 11.4. The van der Waals surface area contributed by atoms with Crippen LogP contribution in [0.4, 0.5) is 13.2 Å². The van der Waals surface area contributed by atoms with Crippen LogP contribution in [0.5, 0.6) is 5.75 Å². The highest BCUT2D eigenvalue weighted by atomic mass is 19.4. The first-order chi connectivity index (χ1) is 6.51. The Bertz CT molecular complexity index is 279. The number of benzene rings is 1. The van der Waals surface area contributed by atoms with Gasteiger partial charge in [0.15, 0.2) is 0 Å². The molecule has 1 aromatic carbocycles. The van der Waals surface area contributed by atoms with Crippen LogP contribution >= 0.6 is 0 Å². The topological polar surface area (TPSA) is 18.5 Å². The Morgan fingerprint density at radius 2 is 1.71 bits per heavy atom. The van der Waals surface area contributed by atoms with Crippen LogP contribution in [-0.2, 0) is 11.3 Å². The summed E-state index contributed by atoms with van der Waals surface area (Å²) in [5.74, 6) is -0.245. The van der Waals surface area contributed by atoms with E-state index in [2.05, 4.69) is 16.6 Å². The summed E-state index contributed by atoms with van der Waals surface area (Å²) >= 11 is 0. The fourth-order valence-corrected chi connectivity index (χ4v) is 0.905. The molecule has 0 heterocycles. The molecular formula is C9H8F3O2. The van der Waals surface area contributed by atoms with E-state index in [0.29, 0.717) is 0 Å². The average molecular weight is 205 g/mol. The average Bonchev–Trinajstić information content (AvgIpc) is 2.06. The van der Waals surface area contributed by atoms with E-state index in [0.717, 1.165) is 5.56 Å². The summed E-state index contributed by atoms with van der Waals surface area (Å²) in [5, 5.41) is 0. The molecule has 2 nitrogen and oxygen atoms in total. The highest BCUT2D eigenvalue weighted by Gasteiger charge is 2.30. The highest BCUT2D eigenvalue weighted by Crippen LogP contribution is 2.22. The first-order valence-electron chi connectivity index (χ1n) is 3.73. The van der Waals surface area contributed by atoms with Crippen molar-refractivity contribution >= 4 is 0 Å². The van der Waals surface area contributed by atoms with Crippen molar-refractivity contribution in [3.8, 4) is 5.75 Å². The molecule has 0 aliphatic heterocycles. The molecule has 0 saturated heterocycles. The smallest absolute Gasteiger partial charge is 0.406 e. The van der Waals surface area contributed by atoms with Gasteiger partial charge in [0.2, 0.25) is 0 Å². The maximum Gasteiger partial charge on any atom is 0.573 e. The monoisotopic (exact) mass is 205 g/mol. The van der Waals surface area contributed by atoms with Crippen LogP contribution in [0.15, 0.2) is 24.3 Å². The van der Waals surface area contributed by atoms with Crippen molar-refractivity contribution in [2.75, 3.05) is 0 Å². The summed E-state index contributed by atoms with van der Waals surface area (Å²) < 4.78 is 43.4. The van der Waals surface area contributed by atoms with Crippen molar-refractivity contribution in [1.82, 2.24) is 0 Å². The third-order valence-corrected chi connectivity index (χ3v) is 1.43. The van der Waals surface area contributed by atoms with Crippen molar-refractivity contribution in [1.29, 1.82) is 0 Å². The predicted octanol–water partition coefficient (Wildman–Crippen LogP) is 2.89. The summed E-state index contributed by atoms with van der Waals surface area (Å²) in [6.07, 6.45) is -4.65. The van der Waals surface area contributed by atoms with Gasteiger partial charge in [0.1, 0.15) is 5.75 Å². The summed E-state index contributed by atoms with van der Waals surface area (Å²) in [4.78, 5) is 0. The third-order valence-electron chi connectivity index (χ3n) is 1.43. The molecule has 1 rings (SSSR count). The van der Waals surface area contributed by atoms with Crippen LogP contribution in [-0.4, -0.2) is 6.36 Å². The first-order valence-corrected chi connectivity index (χ1v) is 3.73. The van der Waals surface area contributed by atoms with Crippen LogP contribution < -0.4 is 4.74 Å². The Labute approximate surface area is 79.2 Å². The zero-order chi connectivity index (χ0) is 10.6. The quantitative estimate of drug-likeness (QED) is 0.755. The van der Waals surface area contributed by atoms with Gasteiger partial charge in [0, 0.05) is 0 Å². The molecule has 1 radical (unpaired) electrons. The van der Waals surface area contributed by atoms with Crippen molar-refractivity contribution < 1.29 is 22.6 Å². The van der Waals surface area contributed by atoms with Crippen LogP contribution in [0.25, 0.3) is 0 Å². The number of hydrogen-bond acceptors (Lipinski definition) is 2. The van der Waals surface area contributed by atoms with E-state index in [1.807, 2.05) is 0 Å². The molecule has 0 amide bonds. The Balaban J connectivity index is 2.64. The van der Waals surface area contributed by atoms with E-state index in [1.54, 1.807) is 0 Å². The van der Waals surface area contributed by atoms with Gasteiger partial charge < -0.3 is 9.47 Å². The van der Waals surface area contributed by atoms with Gasteiger partial charge in [-0.1, -0.05) is 12.1 Å². The Hall–Kier alpha value is -1.23. The van der Waals surface area contributed by atoms with E-state index in [9.17, 15) is 13.2 Å². The number of ether oxygens (including phenoxy) is 2. The summed E-state index contributed by atoms with van der Waals surface area (Å²) in [7, 11) is 3.15. The van der Waals surface area contributed by atoms with Gasteiger partial charge in [-0.2, -0.15) is 0 Å². The lowest BCUT2D eigenvalue weighted by molar-refractivity contribution is -0.274. The van der Waals surface area contributed by atoms with Gasteiger partial charge in [-0.25, -0.2) is 0 Å². The molecule has 0 aliphatic carbocycles. The van der Waals surface area contributed by atoms with E-state index < -0.39 is 6.36 Å². The van der Waals surface area contributed by atoms with Crippen LogP contribution in [0.1, 0.15) is 5.56 Å². The minimum absolute atomic E-state index is 0.245. The molecular weight excluding hydrogens is 197 g/mol. The first kappa shape index (κ1) is 10.8. The second-order valence-electron chi connectivity index (χ2n) is 2.54. The van der Waals surface area contributed by atoms with Gasteiger partial charge in [-0.05, 0) is 17.7 Å². The van der Waals surface area contributed by atoms with Crippen molar-refractivity contribution in [3.05, 3.63) is 36.9 Å². The lowest BCUT2D eigenvalue weighted by atomic mass is 10.2. The molecule has 0 aromatic heterocycles. The number of hydrogen-bond donors (Lipinski definition) is 0. The van der Waals surface area contributed by atoms with E-state index in [1.165, 1.54) is 24.3 Å². The highest BCUT2D eigenvalue weighted by molar-refractivity contribution is 5.26. The summed E-state index contributed by atoms with van der Waals surface area (Å²) in [5.41, 5.74) is 0.731. The Morgan fingerprint density at radius 3 is 2.14 bits per heavy atom. The molecule has 77 valence electrons. The summed E-state index contributed by atoms with van der Waals surface area (Å²) in [6.45, 7) is 0.256. The van der Waals surface area contributed by atoms with Crippen molar-refractivity contribution in [2.45, 2.75) is 13.0 Å². The molecule has 0 atom stereocenters. The Kier molecular flexibility index (Phi) is 3.35. The van der Waals surface area contributed by atoms with Gasteiger partial charge in [0.25, 0.3) is 0 Å². The van der Waals surface area contributed by atoms with E-state index >= 15 is 0 Å². The minimum Gasteiger partial charge on any atom is -0.406 e. The van der Waals surface area contributed by atoms with Crippen molar-refractivity contribution in [3.63, 3.8) is 0 Å². The molecule has 0 saturated carbocycles. The molecule has 0 unspecified atom stereocenters. The maximum absolute atomic E-state index is 11.7. The number of halogens is 3. The van der Waals surface area contributed by atoms with Crippen molar-refractivity contribution in [2.24, 2.45) is 0 Å². The van der Waals surface area contributed by atoms with Crippen LogP contribution in [0.2, 0.25) is 0 Å². The van der Waals surface area contributed by atoms with Gasteiger partial charge in [-0.3, -0.25) is 0 Å². The summed E-state index contributed by atoms with van der Waals surface area (Å²) in [6, 6.07) is 5.40. The molecule has 0 N–H and O–H groups in total. The van der Waals surface area contributed by atoms with Gasteiger partial charge in [0.05, 0.1) is 13.7 Å². The molecule has 0 spiro atoms. The minimum atomic E-state index is -4.65. The molecule has 14 heavy (non-hydrogen) atoms. The molecule has 0 bridgehead atoms. The fraction of sp³-hybridized carbons (Fsp3) is 0.222. The molecule has 0 aliphatic rings. The second kappa shape index (κ2) is 4.32. The number of rotatable bonds is 3. The SMILES string of the molecule is [CH2]OCc1ccc(OC(F)(F)F)cc1. The zero-order valence-corrected chi connectivity index (χ0v) is 7.17. The Morgan fingerprint density at radius 1 is 1.14 bits per heavy atom. The fourth-order valence-electron chi connectivity index (χ4n) is 0.905. The van der Waals surface area contributed by atoms with Crippen LogP contribution in [0, 0.1) is 7.11 Å². The predicted molar refractivity (Wildman–Crippen MR) is 43.3 cm³/mol. The maximum atomic E-state index is 11.7. The zero-order valence-electron chi connectivity index (χ0n) is 7.17. The second-order valence-corrected chi connectivity index (χ2v) is 2.54. The molecule has 1 aromatic rings. The van der Waals surface area contributed by atoms with E-state index in [4.69, 9.17) is 0 Å². The van der Waals surface area contributed by atoms with Crippen LogP contribution in [0.3, 0.4) is 0 Å². The molecule has 0 fully saturated rings. The largest absolute Gasteiger partial charge is 0.573 e. The van der Waals surface area contributed by atoms with Gasteiger partial charge in [-0.15, -0.1) is 13.2 Å². The lowest BCUT2D eigenvalue weighted by Crippen LogP contribution is -2.17. The standard InChI is InChI=1S/C9H8F3O2/c1-13-6-7-2-4-8(5-3-7)14-9(10,11)12/h2-5H,1,6H2. The lowest BCUT2D eigenvalue weighted by Gasteiger charge is -2.08.